The molecule has 0 unspecified atom stereocenters. The first-order valence-corrected chi connectivity index (χ1v) is 5.57. The summed E-state index contributed by atoms with van der Waals surface area (Å²) in [4.78, 5) is 1.89. The Hall–Kier alpha value is 0.401. The molecule has 1 rings (SSSR count). The van der Waals surface area contributed by atoms with Crippen LogP contribution in [0.25, 0.3) is 0 Å². The molecule has 19 heavy (non-hydrogen) atoms. The SMILES string of the molecule is CN(C)CCCOc1cc(F)ccc1[B-](F)(F)F.[K+]. The van der Waals surface area contributed by atoms with Crippen LogP contribution in [0.5, 0.6) is 5.75 Å². The zero-order valence-electron chi connectivity index (χ0n) is 11.3. The molecular weight excluding hydrogens is 288 g/mol. The maximum Gasteiger partial charge on any atom is 1.00 e. The Morgan fingerprint density at radius 2 is 1.84 bits per heavy atom. The molecule has 0 saturated heterocycles. The van der Waals surface area contributed by atoms with Crippen LogP contribution in [-0.4, -0.2) is 39.1 Å². The van der Waals surface area contributed by atoms with Gasteiger partial charge in [0.1, 0.15) is 5.82 Å². The van der Waals surface area contributed by atoms with Gasteiger partial charge in [-0.05, 0) is 26.6 Å². The van der Waals surface area contributed by atoms with Crippen molar-refractivity contribution in [1.82, 2.24) is 4.90 Å². The smallest absolute Gasteiger partial charge is 0.496 e. The van der Waals surface area contributed by atoms with Gasteiger partial charge in [-0.1, -0.05) is 11.5 Å². The van der Waals surface area contributed by atoms with Crippen molar-refractivity contribution >= 4 is 12.4 Å². The summed E-state index contributed by atoms with van der Waals surface area (Å²) in [5.41, 5.74) is -0.888. The molecule has 0 atom stereocenters. The van der Waals surface area contributed by atoms with Gasteiger partial charge in [-0.2, -0.15) is 0 Å². The van der Waals surface area contributed by atoms with Crippen LogP contribution in [0.1, 0.15) is 6.42 Å². The monoisotopic (exact) mass is 303 g/mol. The van der Waals surface area contributed by atoms with Crippen molar-refractivity contribution in [3.63, 3.8) is 0 Å². The number of hydrogen-bond acceptors (Lipinski definition) is 2. The predicted molar refractivity (Wildman–Crippen MR) is 63.8 cm³/mol. The molecule has 0 heterocycles. The topological polar surface area (TPSA) is 12.5 Å². The van der Waals surface area contributed by atoms with Gasteiger partial charge in [0.25, 0.3) is 0 Å². The molecule has 102 valence electrons. The number of rotatable bonds is 6. The Balaban J connectivity index is 0.00000324. The van der Waals surface area contributed by atoms with Crippen molar-refractivity contribution in [2.24, 2.45) is 0 Å². The summed E-state index contributed by atoms with van der Waals surface area (Å²) < 4.78 is 56.0. The van der Waals surface area contributed by atoms with Crippen molar-refractivity contribution in [1.29, 1.82) is 0 Å². The van der Waals surface area contributed by atoms with Gasteiger partial charge in [0.15, 0.2) is 0 Å². The van der Waals surface area contributed by atoms with Crippen LogP contribution in [0.3, 0.4) is 0 Å². The molecule has 1 aromatic carbocycles. The molecular formula is C11H15BF4KNO. The van der Waals surface area contributed by atoms with Crippen LogP contribution in [0.4, 0.5) is 17.3 Å². The van der Waals surface area contributed by atoms with Gasteiger partial charge in [-0.3, -0.25) is 0 Å². The minimum atomic E-state index is -5.19. The van der Waals surface area contributed by atoms with E-state index in [-0.39, 0.29) is 58.0 Å². The quantitative estimate of drug-likeness (QED) is 0.388. The first-order chi connectivity index (χ1) is 8.30. The molecule has 2 nitrogen and oxygen atoms in total. The van der Waals surface area contributed by atoms with Gasteiger partial charge in [0, 0.05) is 12.6 Å². The summed E-state index contributed by atoms with van der Waals surface area (Å²) in [6.45, 7) is -4.37. The number of ether oxygens (including phenoxy) is 1. The van der Waals surface area contributed by atoms with Gasteiger partial charge in [0.2, 0.25) is 0 Å². The normalized spacial score (nSPS) is 11.3. The van der Waals surface area contributed by atoms with Gasteiger partial charge >= 0.3 is 58.4 Å². The van der Waals surface area contributed by atoms with Crippen LogP contribution in [-0.2, 0) is 0 Å². The van der Waals surface area contributed by atoms with E-state index in [0.717, 1.165) is 18.2 Å². The van der Waals surface area contributed by atoms with Gasteiger partial charge in [0.05, 0.1) is 12.4 Å². The van der Waals surface area contributed by atoms with E-state index in [0.29, 0.717) is 13.0 Å². The third-order valence-electron chi connectivity index (χ3n) is 2.34. The Bertz CT molecular complexity index is 401. The Kier molecular flexibility index (Phi) is 8.82. The molecule has 0 aliphatic rings. The second-order valence-corrected chi connectivity index (χ2v) is 4.26. The van der Waals surface area contributed by atoms with E-state index in [9.17, 15) is 17.3 Å². The Morgan fingerprint density at radius 3 is 2.37 bits per heavy atom. The van der Waals surface area contributed by atoms with Crippen LogP contribution in [0.2, 0.25) is 0 Å². The van der Waals surface area contributed by atoms with E-state index in [1.54, 1.807) is 0 Å². The number of hydrogen-bond donors (Lipinski definition) is 0. The van der Waals surface area contributed by atoms with Crippen molar-refractivity contribution in [3.8, 4) is 5.75 Å². The summed E-state index contributed by atoms with van der Waals surface area (Å²) in [5.74, 6) is -1.16. The number of benzene rings is 1. The van der Waals surface area contributed by atoms with E-state index in [1.165, 1.54) is 0 Å². The van der Waals surface area contributed by atoms with E-state index >= 15 is 0 Å². The molecule has 1 aromatic rings. The van der Waals surface area contributed by atoms with Gasteiger partial charge < -0.3 is 22.6 Å². The summed E-state index contributed by atoms with van der Waals surface area (Å²) in [6.07, 6.45) is 0.577. The maximum atomic E-state index is 12.9. The van der Waals surface area contributed by atoms with E-state index in [1.807, 2.05) is 19.0 Å². The maximum absolute atomic E-state index is 12.9. The first kappa shape index (κ1) is 19.4. The van der Waals surface area contributed by atoms with Crippen LogP contribution in [0.15, 0.2) is 18.2 Å². The van der Waals surface area contributed by atoms with Crippen molar-refractivity contribution in [3.05, 3.63) is 24.0 Å². The summed E-state index contributed by atoms with van der Waals surface area (Å²) in [7, 11) is 3.71. The minimum Gasteiger partial charge on any atom is -0.496 e. The van der Waals surface area contributed by atoms with E-state index < -0.39 is 24.0 Å². The van der Waals surface area contributed by atoms with Crippen LogP contribution < -0.4 is 61.6 Å². The molecule has 0 radical (unpaired) electrons. The van der Waals surface area contributed by atoms with Gasteiger partial charge in [-0.15, -0.1) is 0 Å². The predicted octanol–water partition coefficient (Wildman–Crippen LogP) is -0.785. The van der Waals surface area contributed by atoms with E-state index in [4.69, 9.17) is 4.74 Å². The summed E-state index contributed by atoms with van der Waals surface area (Å²) >= 11 is 0. The molecule has 0 saturated carbocycles. The molecule has 0 aliphatic carbocycles. The fourth-order valence-corrected chi connectivity index (χ4v) is 1.47. The average Bonchev–Trinajstić information content (AvgIpc) is 2.22. The third-order valence-corrected chi connectivity index (χ3v) is 2.34. The third kappa shape index (κ3) is 7.10. The Morgan fingerprint density at radius 1 is 1.21 bits per heavy atom. The molecule has 0 fully saturated rings. The number of halogens is 4. The second kappa shape index (κ2) is 8.64. The first-order valence-electron chi connectivity index (χ1n) is 5.57. The second-order valence-electron chi connectivity index (χ2n) is 4.26. The standard InChI is InChI=1S/C11H15BF4NO.K/c1-17(2)6-3-7-18-11-8-9(13)4-5-10(11)12(14,15)16;/h4-5,8H,3,6-7H2,1-2H3;/q-1;+1. The molecule has 0 bridgehead atoms. The molecule has 0 aliphatic heterocycles. The largest absolute Gasteiger partial charge is 1.00 e. The van der Waals surface area contributed by atoms with E-state index in [2.05, 4.69) is 0 Å². The van der Waals surface area contributed by atoms with Gasteiger partial charge in [-0.25, -0.2) is 4.39 Å². The zero-order valence-corrected chi connectivity index (χ0v) is 14.4. The van der Waals surface area contributed by atoms with Crippen molar-refractivity contribution in [2.75, 3.05) is 27.2 Å². The number of nitrogens with zero attached hydrogens (tertiary/aromatic N) is 1. The molecule has 0 N–H and O–H groups in total. The minimum absolute atomic E-state index is 0. The van der Waals surface area contributed by atoms with Crippen molar-refractivity contribution in [2.45, 2.75) is 6.42 Å². The fourth-order valence-electron chi connectivity index (χ4n) is 1.47. The van der Waals surface area contributed by atoms with Crippen LogP contribution in [0, 0.1) is 5.82 Å². The fraction of sp³-hybridized carbons (Fsp3) is 0.455. The molecule has 0 aromatic heterocycles. The van der Waals surface area contributed by atoms with Crippen LogP contribution >= 0.6 is 0 Å². The summed E-state index contributed by atoms with van der Waals surface area (Å²) in [6, 6.07) is 2.29. The Labute approximate surface area is 153 Å². The molecule has 0 spiro atoms. The zero-order chi connectivity index (χ0) is 13.8. The van der Waals surface area contributed by atoms with Crippen molar-refractivity contribution < 1.29 is 73.5 Å². The molecule has 8 heteroatoms. The molecule has 0 amide bonds. The average molecular weight is 303 g/mol. The summed E-state index contributed by atoms with van der Waals surface area (Å²) in [5, 5.41) is 0.